The lowest BCUT2D eigenvalue weighted by atomic mass is 10.00. The third kappa shape index (κ3) is 5.72. The Morgan fingerprint density at radius 1 is 0.968 bits per heavy atom. The molecule has 0 saturated heterocycles. The highest BCUT2D eigenvalue weighted by Gasteiger charge is 2.43. The van der Waals surface area contributed by atoms with Crippen molar-refractivity contribution >= 4 is 13.4 Å². The molecule has 0 fully saturated rings. The minimum Gasteiger partial charge on any atom is -0.493 e. The van der Waals surface area contributed by atoms with Gasteiger partial charge in [-0.2, -0.15) is 4.62 Å². The zero-order valence-corrected chi connectivity index (χ0v) is 20.9. The molecular formula is C23H35N2O5P. The normalized spacial score (nSPS) is 13.4. The van der Waals surface area contributed by atoms with Crippen LogP contribution in [0.4, 0.5) is 5.82 Å². The summed E-state index contributed by atoms with van der Waals surface area (Å²) >= 11 is 0. The van der Waals surface area contributed by atoms with Crippen molar-refractivity contribution in [2.45, 2.75) is 54.1 Å². The van der Waals surface area contributed by atoms with Crippen LogP contribution in [0.2, 0.25) is 0 Å². The molecule has 1 heterocycles. The summed E-state index contributed by atoms with van der Waals surface area (Å²) in [4.78, 5) is 4.31. The number of rotatable bonds is 10. The molecule has 0 aliphatic rings. The molecule has 7 nitrogen and oxygen atoms in total. The lowest BCUT2D eigenvalue weighted by molar-refractivity contribution is 0.278. The monoisotopic (exact) mass is 450 g/mol. The van der Waals surface area contributed by atoms with Crippen molar-refractivity contribution in [3.05, 3.63) is 41.1 Å². The van der Waals surface area contributed by atoms with Gasteiger partial charge in [0.05, 0.1) is 19.9 Å². The van der Waals surface area contributed by atoms with Gasteiger partial charge in [-0.15, -0.1) is 0 Å². The molecular weight excluding hydrogens is 415 g/mol. The van der Waals surface area contributed by atoms with E-state index in [-0.39, 0.29) is 17.5 Å². The molecule has 31 heavy (non-hydrogen) atoms. The number of ether oxygens (including phenoxy) is 2. The zero-order valence-electron chi connectivity index (χ0n) is 20.0. The molecule has 0 aliphatic heterocycles. The van der Waals surface area contributed by atoms with Crippen LogP contribution in [-0.4, -0.2) is 24.9 Å². The Morgan fingerprint density at radius 3 is 2.16 bits per heavy atom. The van der Waals surface area contributed by atoms with E-state index in [1.54, 1.807) is 32.5 Å². The molecule has 1 aromatic carbocycles. The average Bonchev–Trinajstić information content (AvgIpc) is 2.68. The van der Waals surface area contributed by atoms with Gasteiger partial charge in [0, 0.05) is 12.3 Å². The van der Waals surface area contributed by atoms with E-state index in [1.807, 2.05) is 54.5 Å². The maximum atomic E-state index is 14.2. The van der Waals surface area contributed by atoms with Gasteiger partial charge < -0.3 is 14.0 Å². The second-order valence-electron chi connectivity index (χ2n) is 8.38. The van der Waals surface area contributed by atoms with Crippen LogP contribution in [0.5, 0.6) is 17.2 Å². The van der Waals surface area contributed by atoms with Crippen molar-refractivity contribution in [3.63, 3.8) is 0 Å². The SMILES string of the molecule is COc1cc(OP(=O)(ONc2nccc(C)c2C)C(C(C)C)C(C)C)cc(C)c1OC. The molecule has 0 aliphatic carbocycles. The molecule has 1 aromatic heterocycles. The third-order valence-electron chi connectivity index (χ3n) is 5.35. The number of nitrogens with one attached hydrogen (secondary N) is 1. The predicted molar refractivity (Wildman–Crippen MR) is 124 cm³/mol. The van der Waals surface area contributed by atoms with Gasteiger partial charge >= 0.3 is 7.60 Å². The zero-order chi connectivity index (χ0) is 23.3. The predicted octanol–water partition coefficient (Wildman–Crippen LogP) is 6.32. The molecule has 1 unspecified atom stereocenters. The van der Waals surface area contributed by atoms with Crippen molar-refractivity contribution in [2.24, 2.45) is 11.8 Å². The average molecular weight is 451 g/mol. The number of anilines is 1. The third-order valence-corrected chi connectivity index (χ3v) is 8.08. The number of benzene rings is 1. The Hall–Kier alpha value is -2.24. The Morgan fingerprint density at radius 2 is 1.61 bits per heavy atom. The van der Waals surface area contributed by atoms with Gasteiger partial charge in [-0.3, -0.25) is 0 Å². The first-order valence-corrected chi connectivity index (χ1v) is 12.0. The van der Waals surface area contributed by atoms with Gasteiger partial charge in [-0.1, -0.05) is 27.7 Å². The molecule has 0 amide bonds. The van der Waals surface area contributed by atoms with Crippen LogP contribution in [0.1, 0.15) is 44.4 Å². The molecule has 2 rings (SSSR count). The minimum atomic E-state index is -3.69. The highest BCUT2D eigenvalue weighted by atomic mass is 31.2. The van der Waals surface area contributed by atoms with Gasteiger partial charge in [0.1, 0.15) is 5.75 Å². The van der Waals surface area contributed by atoms with Crippen molar-refractivity contribution in [1.29, 1.82) is 0 Å². The lowest BCUT2D eigenvalue weighted by Gasteiger charge is -2.32. The summed E-state index contributed by atoms with van der Waals surface area (Å²) in [5.41, 5.74) is 5.24. The van der Waals surface area contributed by atoms with E-state index in [1.165, 1.54) is 0 Å². The highest BCUT2D eigenvalue weighted by molar-refractivity contribution is 7.55. The first-order chi connectivity index (χ1) is 14.5. The van der Waals surface area contributed by atoms with E-state index in [0.29, 0.717) is 23.1 Å². The molecule has 0 saturated carbocycles. The standard InChI is InChI=1S/C23H35N2O5P/c1-14(2)22(15(3)4)31(26,30-25-23-18(7)16(5)10-11-24-23)29-19-12-17(6)21(28-9)20(13-19)27-8/h10-15,22H,1-9H3,(H,24,25). The van der Waals surface area contributed by atoms with Crippen LogP contribution < -0.4 is 19.5 Å². The summed E-state index contributed by atoms with van der Waals surface area (Å²) < 4.78 is 37.0. The summed E-state index contributed by atoms with van der Waals surface area (Å²) in [5.74, 6) is 2.12. The fourth-order valence-corrected chi connectivity index (χ4v) is 6.16. The van der Waals surface area contributed by atoms with E-state index in [4.69, 9.17) is 18.6 Å². The largest absolute Gasteiger partial charge is 0.493 e. The van der Waals surface area contributed by atoms with Crippen LogP contribution in [-0.2, 0) is 9.19 Å². The Bertz CT molecular complexity index is 938. The molecule has 172 valence electrons. The number of pyridine rings is 1. The first kappa shape index (κ1) is 25.0. The summed E-state index contributed by atoms with van der Waals surface area (Å²) in [7, 11) is -0.556. The molecule has 1 atom stereocenters. The number of aromatic nitrogens is 1. The number of hydrogen-bond donors (Lipinski definition) is 1. The van der Waals surface area contributed by atoms with Gasteiger partial charge in [-0.05, 0) is 61.4 Å². The molecule has 0 spiro atoms. The van der Waals surface area contributed by atoms with Gasteiger partial charge in [0.15, 0.2) is 17.3 Å². The van der Waals surface area contributed by atoms with Gasteiger partial charge in [-0.25, -0.2) is 15.0 Å². The molecule has 8 heteroatoms. The van der Waals surface area contributed by atoms with Crippen LogP contribution in [0.15, 0.2) is 24.4 Å². The van der Waals surface area contributed by atoms with Crippen molar-refractivity contribution in [2.75, 3.05) is 19.7 Å². The maximum absolute atomic E-state index is 14.2. The second kappa shape index (κ2) is 10.4. The van der Waals surface area contributed by atoms with Crippen molar-refractivity contribution in [1.82, 2.24) is 4.98 Å². The van der Waals surface area contributed by atoms with E-state index >= 15 is 0 Å². The van der Waals surface area contributed by atoms with Crippen molar-refractivity contribution in [3.8, 4) is 17.2 Å². The second-order valence-corrected chi connectivity index (χ2v) is 10.4. The quantitative estimate of drug-likeness (QED) is 0.335. The summed E-state index contributed by atoms with van der Waals surface area (Å²) in [6, 6.07) is 5.34. The first-order valence-electron chi connectivity index (χ1n) is 10.4. The van der Waals surface area contributed by atoms with E-state index in [2.05, 4.69) is 10.5 Å². The molecule has 2 aromatic rings. The molecule has 1 N–H and O–H groups in total. The van der Waals surface area contributed by atoms with Crippen LogP contribution in [0.3, 0.4) is 0 Å². The lowest BCUT2D eigenvalue weighted by Crippen LogP contribution is -2.27. The fraction of sp³-hybridized carbons (Fsp3) is 0.522. The summed E-state index contributed by atoms with van der Waals surface area (Å²) in [6.45, 7) is 13.8. The number of hydrogen-bond acceptors (Lipinski definition) is 7. The number of methoxy groups -OCH3 is 2. The smallest absolute Gasteiger partial charge is 0.403 e. The van der Waals surface area contributed by atoms with E-state index in [0.717, 1.165) is 16.7 Å². The van der Waals surface area contributed by atoms with Gasteiger partial charge in [0.25, 0.3) is 0 Å². The Labute approximate surface area is 186 Å². The molecule has 0 radical (unpaired) electrons. The maximum Gasteiger partial charge on any atom is 0.403 e. The Balaban J connectivity index is 2.46. The van der Waals surface area contributed by atoms with E-state index in [9.17, 15) is 4.57 Å². The van der Waals surface area contributed by atoms with Crippen LogP contribution >= 0.6 is 7.60 Å². The number of nitrogens with zero attached hydrogens (tertiary/aromatic N) is 1. The summed E-state index contributed by atoms with van der Waals surface area (Å²) in [6.07, 6.45) is 1.68. The summed E-state index contributed by atoms with van der Waals surface area (Å²) in [5, 5.41) is 0. The minimum absolute atomic E-state index is 0.0560. The van der Waals surface area contributed by atoms with Crippen LogP contribution in [0.25, 0.3) is 0 Å². The fourth-order valence-electron chi connectivity index (χ4n) is 3.80. The van der Waals surface area contributed by atoms with Gasteiger partial charge in [0.2, 0.25) is 0 Å². The topological polar surface area (TPSA) is 78.9 Å². The Kier molecular flexibility index (Phi) is 8.38. The highest BCUT2D eigenvalue weighted by Crippen LogP contribution is 2.58. The number of aryl methyl sites for hydroxylation is 2. The van der Waals surface area contributed by atoms with Crippen molar-refractivity contribution < 1.29 is 23.2 Å². The van der Waals surface area contributed by atoms with E-state index < -0.39 is 7.60 Å². The molecule has 0 bridgehead atoms. The van der Waals surface area contributed by atoms with Crippen LogP contribution in [0, 0.1) is 32.6 Å².